The van der Waals surface area contributed by atoms with E-state index in [1.165, 1.54) is 92.8 Å². The first kappa shape index (κ1) is 123. The molecule has 0 aliphatic rings. The Balaban J connectivity index is 0.000000755. The summed E-state index contributed by atoms with van der Waals surface area (Å²) < 4.78 is 18.6. The third-order valence-electron chi connectivity index (χ3n) is 20.3. The first-order valence-corrected chi connectivity index (χ1v) is 51.9. The molecule has 17 heteroatoms. The number of fused-ring (bicyclic) bond motifs is 9. The van der Waals surface area contributed by atoms with E-state index < -0.39 is 0 Å². The van der Waals surface area contributed by atoms with E-state index >= 15 is 0 Å². The van der Waals surface area contributed by atoms with Gasteiger partial charge in [-0.3, -0.25) is 19.9 Å². The van der Waals surface area contributed by atoms with E-state index in [1.807, 2.05) is 241 Å². The highest BCUT2D eigenvalue weighted by atomic mass is 32.1. The molecule has 0 atom stereocenters. The molecule has 0 saturated carbocycles. The third kappa shape index (κ3) is 37.9. The number of para-hydroxylation sites is 2. The van der Waals surface area contributed by atoms with Crippen LogP contribution in [0.4, 0.5) is 5.13 Å². The Kier molecular flexibility index (Phi) is 62.2. The molecule has 0 aliphatic heterocycles. The predicted molar refractivity (Wildman–Crippen MR) is 604 cm³/mol. The van der Waals surface area contributed by atoms with Gasteiger partial charge in [0, 0.05) is 64.8 Å². The minimum atomic E-state index is 0.0510. The maximum atomic E-state index is 9.09. The van der Waals surface area contributed by atoms with Gasteiger partial charge in [0.15, 0.2) is 28.6 Å². The number of nitrogen functional groups attached to an aromatic ring is 1. The summed E-state index contributed by atoms with van der Waals surface area (Å²) in [5, 5.41) is 17.1. The zero-order valence-corrected chi connectivity index (χ0v) is 92.2. The van der Waals surface area contributed by atoms with Crippen molar-refractivity contribution < 1.29 is 18.7 Å². The second kappa shape index (κ2) is 69.1. The number of aliphatic hydroxyl groups excluding tert-OH is 1. The number of aliphatic hydroxyl groups is 1. The number of nitrogens with two attached hydrogens (primary N) is 1. The number of rotatable bonds is 11. The van der Waals surface area contributed by atoms with Crippen LogP contribution in [-0.4, -0.2) is 62.1 Å². The lowest BCUT2D eigenvalue weighted by molar-refractivity contribution is 0.281. The maximum Gasteiger partial charge on any atom is 0.192 e. The highest BCUT2D eigenvalue weighted by molar-refractivity contribution is 7.22. The number of thiazole rings is 2. The lowest BCUT2D eigenvalue weighted by Gasteiger charge is -2.10. The Morgan fingerprint density at radius 3 is 1.23 bits per heavy atom. The number of hydrogen-bond acceptors (Lipinski definition) is 17. The summed E-state index contributed by atoms with van der Waals surface area (Å²) in [6, 6.07) is 66.3. The molecule has 0 fully saturated rings. The number of aromatic nitrogens is 10. The quantitative estimate of drug-likeness (QED) is 0.123. The molecular formula is C120H169N11O4S2. The molecule has 9 aromatic heterocycles. The molecule has 15 nitrogen and oxygen atoms in total. The van der Waals surface area contributed by atoms with Crippen LogP contribution in [0.1, 0.15) is 364 Å². The molecule has 137 heavy (non-hydrogen) atoms. The largest absolute Gasteiger partial charge is 0.495 e. The molecule has 9 heterocycles. The van der Waals surface area contributed by atoms with Crippen LogP contribution in [-0.2, 0) is 6.61 Å². The first-order chi connectivity index (χ1) is 66.2. The molecule has 0 bridgehead atoms. The van der Waals surface area contributed by atoms with E-state index in [0.717, 1.165) is 77.9 Å². The highest BCUT2D eigenvalue weighted by Crippen LogP contribution is 2.35. The molecule has 0 spiro atoms. The Labute approximate surface area is 833 Å². The van der Waals surface area contributed by atoms with E-state index in [-0.39, 0.29) is 6.61 Å². The monoisotopic (exact) mass is 1890 g/mol. The van der Waals surface area contributed by atoms with Gasteiger partial charge < -0.3 is 24.4 Å². The smallest absolute Gasteiger partial charge is 0.192 e. The van der Waals surface area contributed by atoms with Gasteiger partial charge in [-0.15, -0.1) is 11.3 Å². The van der Waals surface area contributed by atoms with E-state index in [2.05, 4.69) is 290 Å². The summed E-state index contributed by atoms with van der Waals surface area (Å²) in [6.07, 6.45) is 14.1. The topological polar surface area (TPSA) is 211 Å². The van der Waals surface area contributed by atoms with Gasteiger partial charge >= 0.3 is 0 Å². The SMILES string of the molecule is CC.CC.CC.CC.CC.CC.CC.CC.CC.CC(C)c1cccc2cnccc12.CC(C)c1cccc2nc(N)sc12.CC(C)c1cccc2ncc(CO)cc12.CC(C)c1cccc2ncccc12.CC(C)c1cccc2ncncc12.CC(C)c1cccc2ncoc12.CC(C)c1cccc2ncsc12.COc1cnc2cccc(C(C)C)c2c1.Cc1nc2cccc(C(C)C)c2o1. The summed E-state index contributed by atoms with van der Waals surface area (Å²) in [4.78, 5) is 42.3. The zero-order valence-electron chi connectivity index (χ0n) is 90.6. The number of nitrogens with zero attached hydrogens (tertiary/aromatic N) is 10. The van der Waals surface area contributed by atoms with Crippen molar-refractivity contribution in [1.82, 2.24) is 49.8 Å². The van der Waals surface area contributed by atoms with E-state index in [0.29, 0.717) is 58.4 Å². The number of oxazole rings is 2. The Hall–Kier alpha value is -11.8. The fourth-order valence-electron chi connectivity index (χ4n) is 14.1. The number of methoxy groups -OCH3 is 1. The number of aryl methyl sites for hydroxylation is 1. The van der Waals surface area contributed by atoms with Crippen LogP contribution >= 0.6 is 22.7 Å². The Morgan fingerprint density at radius 2 is 0.730 bits per heavy atom. The van der Waals surface area contributed by atoms with Gasteiger partial charge in [-0.2, -0.15) is 0 Å². The molecular weight excluding hydrogens is 1720 g/mol. The minimum Gasteiger partial charge on any atom is -0.495 e. The molecule has 3 N–H and O–H groups in total. The van der Waals surface area contributed by atoms with Gasteiger partial charge in [0.2, 0.25) is 0 Å². The fraction of sp³-hybridized carbons (Fsp3) is 0.400. The van der Waals surface area contributed by atoms with Crippen LogP contribution in [0.3, 0.4) is 0 Å². The average Bonchev–Trinajstić information content (AvgIpc) is 1.56. The van der Waals surface area contributed by atoms with Crippen LogP contribution < -0.4 is 10.5 Å². The van der Waals surface area contributed by atoms with Crippen molar-refractivity contribution in [3.8, 4) is 5.75 Å². The van der Waals surface area contributed by atoms with Crippen LogP contribution in [0.5, 0.6) is 5.75 Å². The summed E-state index contributed by atoms with van der Waals surface area (Å²) in [7, 11) is 1.67. The van der Waals surface area contributed by atoms with E-state index in [9.17, 15) is 0 Å². The molecule has 0 radical (unpaired) electrons. The molecule has 0 amide bonds. The zero-order chi connectivity index (χ0) is 103. The van der Waals surface area contributed by atoms with E-state index in [4.69, 9.17) is 24.4 Å². The minimum absolute atomic E-state index is 0.0510. The van der Waals surface area contributed by atoms with Crippen LogP contribution in [0.2, 0.25) is 0 Å². The predicted octanol–water partition coefficient (Wildman–Crippen LogP) is 37.6. The standard InChI is InChI=1S/2C13H15NO.2C12H13N.C11H12N2.C11H13NO.C10H12N2S.C10H11NO.C10H11NS.9C2H6/c1-9(2)11-5-4-6-13-12(11)7-10(15-3)8-14-13;1-9(2)11-4-3-5-13-12(11)6-10(8-15)7-14-13;1-9(2)10-5-3-7-12-11(10)6-4-8-13-12;1-9(2)11-5-3-4-10-8-13-7-6-12(10)11;1-8(2)9-4-3-5-11-10(9)6-12-7-13-11;1-7(2)9-5-4-6-10-11(9)13-8(3)12-10;1-6(2)7-4-3-5-8-9(7)13-10(11)12-8;2*1-7(2)8-4-3-5-9-10(8)12-6-11-9;9*1-2/h4-9H,1-3H3;3-7,9,15H,8H2,1-2H3;2*3-9H,1-2H3;3-8H,1-2H3;4-7H,1-3H3;3-6H,1-2H3,(H2,11,12);2*3-7H,1-2H3;9*1-2H3. The Morgan fingerprint density at radius 1 is 0.328 bits per heavy atom. The van der Waals surface area contributed by atoms with Gasteiger partial charge in [-0.25, -0.2) is 29.9 Å². The summed E-state index contributed by atoms with van der Waals surface area (Å²) in [6.45, 7) is 77.3. The molecule has 0 saturated heterocycles. The first-order valence-electron chi connectivity index (χ1n) is 50.2. The van der Waals surface area contributed by atoms with Crippen molar-refractivity contribution >= 4 is 125 Å². The summed E-state index contributed by atoms with van der Waals surface area (Å²) in [5.74, 6) is 6.29. The van der Waals surface area contributed by atoms with Crippen LogP contribution in [0, 0.1) is 6.92 Å². The molecule has 0 aliphatic carbocycles. The summed E-state index contributed by atoms with van der Waals surface area (Å²) >= 11 is 3.30. The number of hydrogen-bond donors (Lipinski definition) is 2. The van der Waals surface area contributed by atoms with Gasteiger partial charge in [0.1, 0.15) is 23.1 Å². The van der Waals surface area contributed by atoms with Crippen molar-refractivity contribution in [1.29, 1.82) is 0 Å². The second-order valence-corrected chi connectivity index (χ2v) is 33.9. The molecule has 18 rings (SSSR count). The van der Waals surface area contributed by atoms with Crippen molar-refractivity contribution in [3.63, 3.8) is 0 Å². The lowest BCUT2D eigenvalue weighted by atomic mass is 9.97. The van der Waals surface area contributed by atoms with Crippen molar-refractivity contribution in [2.45, 2.75) is 316 Å². The number of benzene rings is 9. The number of anilines is 1. The van der Waals surface area contributed by atoms with Gasteiger partial charge in [0.05, 0.1) is 67.9 Å². The molecule has 740 valence electrons. The van der Waals surface area contributed by atoms with Crippen molar-refractivity contribution in [2.24, 2.45) is 0 Å². The lowest BCUT2D eigenvalue weighted by Crippen LogP contribution is -1.93. The molecule has 0 unspecified atom stereocenters. The molecule has 18 aromatic rings. The normalized spacial score (nSPS) is 10.1. The maximum absolute atomic E-state index is 9.09. The molecule has 9 aromatic carbocycles. The van der Waals surface area contributed by atoms with E-state index in [1.54, 1.807) is 48.5 Å². The van der Waals surface area contributed by atoms with Crippen molar-refractivity contribution in [2.75, 3.05) is 12.8 Å². The third-order valence-corrected chi connectivity index (χ3v) is 22.2. The van der Waals surface area contributed by atoms with Crippen molar-refractivity contribution in [3.05, 3.63) is 311 Å². The second-order valence-electron chi connectivity index (χ2n) is 32.0. The van der Waals surface area contributed by atoms with Crippen LogP contribution in [0.25, 0.3) is 97.0 Å². The van der Waals surface area contributed by atoms with Gasteiger partial charge in [-0.05, 0) is 187 Å². The fourth-order valence-corrected chi connectivity index (χ4v) is 16.0. The van der Waals surface area contributed by atoms with Gasteiger partial charge in [-0.1, -0.05) is 382 Å². The number of pyridine rings is 4. The summed E-state index contributed by atoms with van der Waals surface area (Å²) in [5.41, 5.74) is 30.4. The average molecular weight is 1890 g/mol. The Bertz CT molecular complexity index is 5790. The number of ether oxygens (including phenoxy) is 1. The highest BCUT2D eigenvalue weighted by Gasteiger charge is 2.15. The van der Waals surface area contributed by atoms with Crippen LogP contribution in [0.15, 0.2) is 258 Å². The van der Waals surface area contributed by atoms with Gasteiger partial charge in [0.25, 0.3) is 0 Å².